The molecule has 0 aromatic heterocycles. The summed E-state index contributed by atoms with van der Waals surface area (Å²) in [5.74, 6) is 0. The highest BCUT2D eigenvalue weighted by Gasteiger charge is 2.33. The van der Waals surface area contributed by atoms with Crippen LogP contribution >= 0.6 is 0 Å². The Balaban J connectivity index is 2.89. The largest absolute Gasteiger partial charge is 0.370 e. The van der Waals surface area contributed by atoms with E-state index in [0.29, 0.717) is 6.61 Å². The quantitative estimate of drug-likeness (QED) is 0.604. The summed E-state index contributed by atoms with van der Waals surface area (Å²) in [6.07, 6.45) is 0. The molecule has 1 aromatic rings. The van der Waals surface area contributed by atoms with Crippen molar-refractivity contribution in [2.24, 2.45) is 5.41 Å². The Morgan fingerprint density at radius 1 is 1.21 bits per heavy atom. The van der Waals surface area contributed by atoms with E-state index in [1.54, 1.807) is 12.1 Å². The van der Waals surface area contributed by atoms with E-state index in [0.717, 1.165) is 11.1 Å². The average Bonchev–Trinajstić information content (AvgIpc) is 2.26. The van der Waals surface area contributed by atoms with E-state index in [4.69, 9.17) is 4.74 Å². The molecule has 0 saturated heterocycles. The maximum atomic E-state index is 10.8. The van der Waals surface area contributed by atoms with Gasteiger partial charge in [-0.3, -0.25) is 10.1 Å². The van der Waals surface area contributed by atoms with Crippen LogP contribution in [0.4, 0.5) is 5.69 Å². The number of hydrogen-bond acceptors (Lipinski definition) is 3. The third-order valence-electron chi connectivity index (χ3n) is 3.94. The molecule has 0 aliphatic heterocycles. The maximum absolute atomic E-state index is 10.8. The lowest BCUT2D eigenvalue weighted by Crippen LogP contribution is -2.39. The molecule has 0 bridgehead atoms. The highest BCUT2D eigenvalue weighted by molar-refractivity contribution is 5.39. The first-order valence-electron chi connectivity index (χ1n) is 6.42. The van der Waals surface area contributed by atoms with Gasteiger partial charge in [-0.15, -0.1) is 0 Å². The van der Waals surface area contributed by atoms with Crippen molar-refractivity contribution in [1.82, 2.24) is 0 Å². The zero-order valence-electron chi connectivity index (χ0n) is 12.6. The van der Waals surface area contributed by atoms with E-state index in [1.807, 2.05) is 20.8 Å². The molecule has 106 valence electrons. The van der Waals surface area contributed by atoms with Crippen molar-refractivity contribution in [3.8, 4) is 0 Å². The molecule has 0 fully saturated rings. The summed E-state index contributed by atoms with van der Waals surface area (Å²) < 4.78 is 5.97. The van der Waals surface area contributed by atoms with Crippen molar-refractivity contribution >= 4 is 5.69 Å². The number of benzene rings is 1. The van der Waals surface area contributed by atoms with E-state index in [9.17, 15) is 10.1 Å². The predicted molar refractivity (Wildman–Crippen MR) is 76.2 cm³/mol. The van der Waals surface area contributed by atoms with Gasteiger partial charge in [-0.2, -0.15) is 0 Å². The number of nitrogens with zero attached hydrogens (tertiary/aromatic N) is 1. The van der Waals surface area contributed by atoms with Crippen molar-refractivity contribution in [3.05, 3.63) is 39.4 Å². The Morgan fingerprint density at radius 3 is 2.26 bits per heavy atom. The summed E-state index contributed by atoms with van der Waals surface area (Å²) in [4.78, 5) is 10.4. The van der Waals surface area contributed by atoms with Gasteiger partial charge in [-0.1, -0.05) is 26.8 Å². The Labute approximate surface area is 114 Å². The van der Waals surface area contributed by atoms with Gasteiger partial charge < -0.3 is 4.74 Å². The van der Waals surface area contributed by atoms with E-state index < -0.39 is 0 Å². The number of non-ortho nitro benzene ring substituents is 1. The molecule has 19 heavy (non-hydrogen) atoms. The van der Waals surface area contributed by atoms with Crippen LogP contribution in [0.2, 0.25) is 0 Å². The topological polar surface area (TPSA) is 52.4 Å². The fourth-order valence-electron chi connectivity index (χ4n) is 1.40. The normalized spacial score (nSPS) is 12.5. The first kappa shape index (κ1) is 15.6. The molecule has 0 amide bonds. The van der Waals surface area contributed by atoms with Crippen molar-refractivity contribution in [3.63, 3.8) is 0 Å². The molecule has 0 heterocycles. The molecule has 0 saturated carbocycles. The van der Waals surface area contributed by atoms with E-state index in [2.05, 4.69) is 20.8 Å². The average molecular weight is 265 g/mol. The van der Waals surface area contributed by atoms with Gasteiger partial charge in [0.25, 0.3) is 5.69 Å². The highest BCUT2D eigenvalue weighted by Crippen LogP contribution is 2.34. The molecular weight excluding hydrogens is 242 g/mol. The van der Waals surface area contributed by atoms with Gasteiger partial charge in [0.05, 0.1) is 17.1 Å². The van der Waals surface area contributed by atoms with Crippen molar-refractivity contribution in [1.29, 1.82) is 0 Å². The minimum Gasteiger partial charge on any atom is -0.370 e. The summed E-state index contributed by atoms with van der Waals surface area (Å²) >= 11 is 0. The first-order chi connectivity index (χ1) is 8.54. The van der Waals surface area contributed by atoms with Crippen LogP contribution < -0.4 is 0 Å². The Kier molecular flexibility index (Phi) is 4.35. The second kappa shape index (κ2) is 5.29. The molecular formula is C15H23NO3. The minimum atomic E-state index is -0.377. The van der Waals surface area contributed by atoms with Crippen LogP contribution in [-0.4, -0.2) is 10.5 Å². The molecule has 0 N–H and O–H groups in total. The first-order valence-corrected chi connectivity index (χ1v) is 6.42. The van der Waals surface area contributed by atoms with Crippen LogP contribution in [0, 0.1) is 22.5 Å². The molecule has 1 rings (SSSR count). The number of nitro groups is 1. The lowest BCUT2D eigenvalue weighted by Gasteiger charge is -2.38. The molecule has 0 unspecified atom stereocenters. The molecule has 0 aliphatic rings. The van der Waals surface area contributed by atoms with Crippen LogP contribution in [0.15, 0.2) is 18.2 Å². The molecule has 0 atom stereocenters. The molecule has 4 nitrogen and oxygen atoms in total. The number of ether oxygens (including phenoxy) is 1. The second-order valence-corrected chi connectivity index (χ2v) is 6.42. The molecule has 1 aromatic carbocycles. The molecule has 4 heteroatoms. The van der Waals surface area contributed by atoms with Gasteiger partial charge >= 0.3 is 0 Å². The summed E-state index contributed by atoms with van der Waals surface area (Å²) in [6.45, 7) is 12.8. The third-order valence-corrected chi connectivity index (χ3v) is 3.94. The minimum absolute atomic E-state index is 0.00161. The van der Waals surface area contributed by atoms with Crippen LogP contribution in [0.5, 0.6) is 0 Å². The Bertz CT molecular complexity index is 473. The van der Waals surface area contributed by atoms with Crippen LogP contribution in [0.1, 0.15) is 45.7 Å². The lowest BCUT2D eigenvalue weighted by atomic mass is 9.79. The Hall–Kier alpha value is -1.42. The number of hydrogen-bond donors (Lipinski definition) is 0. The fraction of sp³-hybridized carbons (Fsp3) is 0.600. The van der Waals surface area contributed by atoms with Gasteiger partial charge in [0.2, 0.25) is 0 Å². The van der Waals surface area contributed by atoms with Gasteiger partial charge in [0, 0.05) is 12.1 Å². The zero-order chi connectivity index (χ0) is 14.8. The second-order valence-electron chi connectivity index (χ2n) is 6.42. The maximum Gasteiger partial charge on any atom is 0.269 e. The van der Waals surface area contributed by atoms with E-state index >= 15 is 0 Å². The summed E-state index contributed by atoms with van der Waals surface area (Å²) in [6, 6.07) is 4.88. The van der Waals surface area contributed by atoms with Crippen molar-refractivity contribution in [2.45, 2.75) is 53.8 Å². The molecule has 0 radical (unpaired) electrons. The Morgan fingerprint density at radius 2 is 1.79 bits per heavy atom. The third kappa shape index (κ3) is 3.77. The molecule has 0 aliphatic carbocycles. The lowest BCUT2D eigenvalue weighted by molar-refractivity contribution is -0.385. The number of aryl methyl sites for hydroxylation is 1. The number of rotatable bonds is 4. The van der Waals surface area contributed by atoms with E-state index in [-0.39, 0.29) is 21.6 Å². The van der Waals surface area contributed by atoms with Crippen molar-refractivity contribution in [2.75, 3.05) is 0 Å². The highest BCUT2D eigenvalue weighted by atomic mass is 16.6. The van der Waals surface area contributed by atoms with Gasteiger partial charge in [0.15, 0.2) is 0 Å². The smallest absolute Gasteiger partial charge is 0.269 e. The van der Waals surface area contributed by atoms with Gasteiger partial charge in [-0.05, 0) is 37.3 Å². The summed E-state index contributed by atoms with van der Waals surface area (Å²) in [5, 5.41) is 10.8. The monoisotopic (exact) mass is 265 g/mol. The molecule has 0 spiro atoms. The van der Waals surface area contributed by atoms with Crippen LogP contribution in [0.3, 0.4) is 0 Å². The standard InChI is InChI=1S/C15H23NO3/c1-11-7-8-13(16(17)18)9-12(11)10-19-15(5,6)14(2,3)4/h7-9H,10H2,1-6H3. The van der Waals surface area contributed by atoms with Crippen LogP contribution in [-0.2, 0) is 11.3 Å². The van der Waals surface area contributed by atoms with Gasteiger partial charge in [0.1, 0.15) is 0 Å². The summed E-state index contributed by atoms with van der Waals surface area (Å²) in [7, 11) is 0. The predicted octanol–water partition coefficient (Wildman–Crippen LogP) is 4.24. The van der Waals surface area contributed by atoms with E-state index in [1.165, 1.54) is 6.07 Å². The number of nitro benzene ring substituents is 1. The van der Waals surface area contributed by atoms with Crippen LogP contribution in [0.25, 0.3) is 0 Å². The summed E-state index contributed by atoms with van der Waals surface area (Å²) in [5.41, 5.74) is 1.69. The zero-order valence-corrected chi connectivity index (χ0v) is 12.6. The SMILES string of the molecule is Cc1ccc([N+](=O)[O-])cc1COC(C)(C)C(C)(C)C. The van der Waals surface area contributed by atoms with Crippen molar-refractivity contribution < 1.29 is 9.66 Å². The van der Waals surface area contributed by atoms with Gasteiger partial charge in [-0.25, -0.2) is 0 Å². The fourth-order valence-corrected chi connectivity index (χ4v) is 1.40.